The van der Waals surface area contributed by atoms with Crippen molar-refractivity contribution in [2.75, 3.05) is 25.7 Å². The lowest BCUT2D eigenvalue weighted by Gasteiger charge is -2.27. The van der Waals surface area contributed by atoms with Gasteiger partial charge in [0.2, 0.25) is 0 Å². The molecule has 33 heavy (non-hydrogen) atoms. The van der Waals surface area contributed by atoms with Crippen LogP contribution in [0.1, 0.15) is 22.5 Å². The molecule has 2 aromatic carbocycles. The molecule has 0 radical (unpaired) electrons. The third-order valence-corrected chi connectivity index (χ3v) is 7.57. The van der Waals surface area contributed by atoms with Crippen LogP contribution in [-0.2, 0) is 16.4 Å². The molecular formula is C23H23ClN2O6S. The second-order valence-electron chi connectivity index (χ2n) is 7.76. The molecule has 3 aromatic rings. The molecule has 1 aliphatic heterocycles. The highest BCUT2D eigenvalue weighted by molar-refractivity contribution is 7.91. The van der Waals surface area contributed by atoms with Crippen LogP contribution in [0.4, 0.5) is 0 Å². The molecule has 0 aliphatic carbocycles. The Morgan fingerprint density at radius 2 is 1.85 bits per heavy atom. The summed E-state index contributed by atoms with van der Waals surface area (Å²) in [6.07, 6.45) is 0.364. The van der Waals surface area contributed by atoms with Crippen LogP contribution in [0.3, 0.4) is 0 Å². The van der Waals surface area contributed by atoms with Crippen molar-refractivity contribution in [2.24, 2.45) is 0 Å². The Bertz CT molecular complexity index is 1260. The van der Waals surface area contributed by atoms with Gasteiger partial charge in [0.05, 0.1) is 25.7 Å². The molecule has 0 unspecified atom stereocenters. The number of nitrogens with zero attached hydrogens (tertiary/aromatic N) is 2. The predicted molar refractivity (Wildman–Crippen MR) is 123 cm³/mol. The van der Waals surface area contributed by atoms with Gasteiger partial charge in [0.25, 0.3) is 5.91 Å². The van der Waals surface area contributed by atoms with E-state index in [-0.39, 0.29) is 23.7 Å². The van der Waals surface area contributed by atoms with Gasteiger partial charge in [-0.05, 0) is 48.4 Å². The number of hydrogen-bond donors (Lipinski definition) is 0. The van der Waals surface area contributed by atoms with Gasteiger partial charge in [-0.15, -0.1) is 0 Å². The number of ether oxygens (including phenoxy) is 2. The smallest absolute Gasteiger partial charge is 0.276 e. The molecular weight excluding hydrogens is 468 g/mol. The van der Waals surface area contributed by atoms with Gasteiger partial charge in [-0.1, -0.05) is 22.8 Å². The van der Waals surface area contributed by atoms with Crippen molar-refractivity contribution in [3.63, 3.8) is 0 Å². The number of methoxy groups -OCH3 is 2. The fraction of sp³-hybridized carbons (Fsp3) is 0.304. The van der Waals surface area contributed by atoms with Crippen molar-refractivity contribution < 1.29 is 27.2 Å². The van der Waals surface area contributed by atoms with Crippen molar-refractivity contribution in [2.45, 2.75) is 19.0 Å². The third-order valence-electron chi connectivity index (χ3n) is 5.57. The molecule has 0 spiro atoms. The van der Waals surface area contributed by atoms with E-state index in [0.717, 1.165) is 11.1 Å². The van der Waals surface area contributed by atoms with Crippen LogP contribution in [-0.4, -0.2) is 56.1 Å². The quantitative estimate of drug-likeness (QED) is 0.496. The Labute approximate surface area is 197 Å². The van der Waals surface area contributed by atoms with Crippen LogP contribution in [0.15, 0.2) is 53.1 Å². The lowest BCUT2D eigenvalue weighted by atomic mass is 10.1. The Kier molecular flexibility index (Phi) is 6.62. The van der Waals surface area contributed by atoms with Gasteiger partial charge in [-0.3, -0.25) is 4.79 Å². The fourth-order valence-corrected chi connectivity index (χ4v) is 5.69. The molecule has 1 fully saturated rings. The van der Waals surface area contributed by atoms with Gasteiger partial charge in [-0.2, -0.15) is 0 Å². The number of carbonyl (C=O) groups excluding carboxylic acids is 1. The molecule has 1 aliphatic rings. The zero-order chi connectivity index (χ0) is 23.6. The van der Waals surface area contributed by atoms with Gasteiger partial charge in [-0.25, -0.2) is 8.42 Å². The standard InChI is InChI=1S/C23H23ClN2O6S/c1-30-20-8-3-15(11-22(20)31-2)13-26(18-9-10-33(28,29)14-18)23(27)19-12-21(32-25-19)16-4-6-17(24)7-5-16/h3-8,11-12,18H,9-10,13-14H2,1-2H3/t18-/m1/s1. The highest BCUT2D eigenvalue weighted by atomic mass is 35.5. The minimum atomic E-state index is -3.21. The van der Waals surface area contributed by atoms with Crippen LogP contribution in [0.5, 0.6) is 11.5 Å². The fourth-order valence-electron chi connectivity index (χ4n) is 3.84. The van der Waals surface area contributed by atoms with E-state index in [1.54, 1.807) is 49.6 Å². The maximum absolute atomic E-state index is 13.5. The first kappa shape index (κ1) is 23.1. The zero-order valence-corrected chi connectivity index (χ0v) is 19.7. The van der Waals surface area contributed by atoms with Crippen molar-refractivity contribution in [1.29, 1.82) is 0 Å². The van der Waals surface area contributed by atoms with E-state index in [4.69, 9.17) is 25.6 Å². The summed E-state index contributed by atoms with van der Waals surface area (Å²) in [5, 5.41) is 4.53. The molecule has 0 saturated carbocycles. The number of aromatic nitrogens is 1. The Balaban J connectivity index is 1.64. The molecule has 1 aromatic heterocycles. The lowest BCUT2D eigenvalue weighted by Crippen LogP contribution is -2.40. The van der Waals surface area contributed by atoms with E-state index in [9.17, 15) is 13.2 Å². The van der Waals surface area contributed by atoms with Crippen molar-refractivity contribution in [3.05, 3.63) is 64.8 Å². The first-order chi connectivity index (χ1) is 15.8. The summed E-state index contributed by atoms with van der Waals surface area (Å²) in [4.78, 5) is 15.0. The Hall–Kier alpha value is -3.04. The SMILES string of the molecule is COc1ccc(CN(C(=O)c2cc(-c3ccc(Cl)cc3)on2)[C@@H]2CCS(=O)(=O)C2)cc1OC. The van der Waals surface area contributed by atoms with E-state index in [0.29, 0.717) is 28.7 Å². The van der Waals surface area contributed by atoms with Crippen molar-refractivity contribution >= 4 is 27.3 Å². The van der Waals surface area contributed by atoms with E-state index < -0.39 is 21.8 Å². The van der Waals surface area contributed by atoms with E-state index in [1.807, 2.05) is 6.07 Å². The summed E-state index contributed by atoms with van der Waals surface area (Å²) >= 11 is 5.94. The average molecular weight is 491 g/mol. The van der Waals surface area contributed by atoms with Gasteiger partial charge < -0.3 is 18.9 Å². The Morgan fingerprint density at radius 1 is 1.12 bits per heavy atom. The molecule has 4 rings (SSSR count). The molecule has 1 amide bonds. The first-order valence-corrected chi connectivity index (χ1v) is 12.4. The largest absolute Gasteiger partial charge is 0.493 e. The minimum Gasteiger partial charge on any atom is -0.493 e. The number of amides is 1. The molecule has 0 N–H and O–H groups in total. The van der Waals surface area contributed by atoms with Gasteiger partial charge in [0.1, 0.15) is 0 Å². The zero-order valence-electron chi connectivity index (χ0n) is 18.2. The van der Waals surface area contributed by atoms with Crippen LogP contribution in [0, 0.1) is 0 Å². The molecule has 2 heterocycles. The normalized spacial score (nSPS) is 17.0. The maximum Gasteiger partial charge on any atom is 0.276 e. The second kappa shape index (κ2) is 9.44. The summed E-state index contributed by atoms with van der Waals surface area (Å²) in [6.45, 7) is 0.183. The number of carbonyl (C=O) groups is 1. The van der Waals surface area contributed by atoms with E-state index >= 15 is 0 Å². The summed E-state index contributed by atoms with van der Waals surface area (Å²) in [6, 6.07) is 13.4. The van der Waals surface area contributed by atoms with Gasteiger partial charge in [0, 0.05) is 29.2 Å². The lowest BCUT2D eigenvalue weighted by molar-refractivity contribution is 0.0670. The first-order valence-electron chi connectivity index (χ1n) is 10.2. The second-order valence-corrected chi connectivity index (χ2v) is 10.4. The molecule has 8 nitrogen and oxygen atoms in total. The molecule has 0 bridgehead atoms. The summed E-state index contributed by atoms with van der Waals surface area (Å²) in [5.41, 5.74) is 1.59. The number of sulfone groups is 1. The topological polar surface area (TPSA) is 98.9 Å². The highest BCUT2D eigenvalue weighted by Crippen LogP contribution is 2.30. The van der Waals surface area contributed by atoms with Gasteiger partial charge in [0.15, 0.2) is 32.8 Å². The summed E-state index contributed by atoms with van der Waals surface area (Å²) in [5.74, 6) is 1.05. The maximum atomic E-state index is 13.5. The minimum absolute atomic E-state index is 0.0439. The average Bonchev–Trinajstić information content (AvgIpc) is 3.44. The monoisotopic (exact) mass is 490 g/mol. The molecule has 10 heteroatoms. The van der Waals surface area contributed by atoms with Crippen molar-refractivity contribution in [1.82, 2.24) is 10.1 Å². The number of benzene rings is 2. The Morgan fingerprint density at radius 3 is 2.48 bits per heavy atom. The van der Waals surface area contributed by atoms with E-state index in [2.05, 4.69) is 5.16 Å². The van der Waals surface area contributed by atoms with Crippen molar-refractivity contribution in [3.8, 4) is 22.8 Å². The number of halogens is 1. The van der Waals surface area contributed by atoms with E-state index in [1.165, 1.54) is 12.0 Å². The molecule has 1 atom stereocenters. The molecule has 1 saturated heterocycles. The third kappa shape index (κ3) is 5.15. The van der Waals surface area contributed by atoms with Crippen LogP contribution in [0.25, 0.3) is 11.3 Å². The van der Waals surface area contributed by atoms with Gasteiger partial charge >= 0.3 is 0 Å². The highest BCUT2D eigenvalue weighted by Gasteiger charge is 2.36. The number of rotatable bonds is 7. The van der Waals surface area contributed by atoms with Crippen LogP contribution >= 0.6 is 11.6 Å². The molecule has 174 valence electrons. The van der Waals surface area contributed by atoms with Crippen LogP contribution in [0.2, 0.25) is 5.02 Å². The van der Waals surface area contributed by atoms with Crippen LogP contribution < -0.4 is 9.47 Å². The predicted octanol–water partition coefficient (Wildman–Crippen LogP) is 3.84. The summed E-state index contributed by atoms with van der Waals surface area (Å²) < 4.78 is 40.3. The number of hydrogen-bond acceptors (Lipinski definition) is 7. The summed E-state index contributed by atoms with van der Waals surface area (Å²) in [7, 11) is -0.138.